The molecule has 1 heterocycles. The molecule has 0 spiro atoms. The van der Waals surface area contributed by atoms with E-state index in [4.69, 9.17) is 0 Å². The molecule has 31 heavy (non-hydrogen) atoms. The number of benzene rings is 2. The lowest BCUT2D eigenvalue weighted by molar-refractivity contribution is 0.0898. The van der Waals surface area contributed by atoms with E-state index in [1.807, 2.05) is 43.3 Å². The molecule has 1 saturated carbocycles. The van der Waals surface area contributed by atoms with Gasteiger partial charge in [-0.25, -0.2) is 4.39 Å². The second-order valence-electron chi connectivity index (χ2n) is 8.38. The molecular formula is C26H27FN2O2. The minimum absolute atomic E-state index is 0.126. The Bertz CT molecular complexity index is 1180. The number of nitrogens with one attached hydrogen (secondary N) is 1. The number of halogens is 1. The average molecular weight is 419 g/mol. The van der Waals surface area contributed by atoms with Gasteiger partial charge in [-0.05, 0) is 74.9 Å². The van der Waals surface area contributed by atoms with Gasteiger partial charge in [0.1, 0.15) is 5.82 Å². The first-order chi connectivity index (χ1) is 14.9. The molecule has 4 nitrogen and oxygen atoms in total. The maximum absolute atomic E-state index is 13.9. The van der Waals surface area contributed by atoms with E-state index in [9.17, 15) is 14.0 Å². The van der Waals surface area contributed by atoms with Gasteiger partial charge in [-0.1, -0.05) is 36.8 Å². The fourth-order valence-electron chi connectivity index (χ4n) is 4.43. The second-order valence-corrected chi connectivity index (χ2v) is 8.38. The van der Waals surface area contributed by atoms with Gasteiger partial charge in [-0.2, -0.15) is 0 Å². The molecule has 1 aliphatic carbocycles. The summed E-state index contributed by atoms with van der Waals surface area (Å²) in [5, 5.41) is 3.16. The van der Waals surface area contributed by atoms with Crippen molar-refractivity contribution >= 4 is 5.91 Å². The third-order valence-electron chi connectivity index (χ3n) is 6.52. The standard InChI is InChI=1S/C26H27FN2O2/c1-16-17(2)26(31)29(22-13-5-4-6-14-22)18(3)23(16)25(30)28-24(19-9-7-10-19)20-11-8-12-21(27)15-20/h4-6,8,11-15,19,24H,7,9-10H2,1-3H3,(H,28,30)/t24-/m0/s1. The molecule has 0 bridgehead atoms. The van der Waals surface area contributed by atoms with E-state index in [0.29, 0.717) is 22.4 Å². The van der Waals surface area contributed by atoms with Gasteiger partial charge in [0, 0.05) is 16.9 Å². The van der Waals surface area contributed by atoms with Gasteiger partial charge in [0.2, 0.25) is 0 Å². The number of hydrogen-bond donors (Lipinski definition) is 1. The minimum atomic E-state index is -0.308. The first-order valence-electron chi connectivity index (χ1n) is 10.7. The van der Waals surface area contributed by atoms with Gasteiger partial charge >= 0.3 is 0 Å². The number of nitrogens with zero attached hydrogens (tertiary/aromatic N) is 1. The van der Waals surface area contributed by atoms with Crippen molar-refractivity contribution in [3.63, 3.8) is 0 Å². The van der Waals surface area contributed by atoms with E-state index in [0.717, 1.165) is 30.5 Å². The highest BCUT2D eigenvalue weighted by Crippen LogP contribution is 2.38. The van der Waals surface area contributed by atoms with Crippen molar-refractivity contribution in [2.45, 2.75) is 46.1 Å². The Morgan fingerprint density at radius 3 is 2.35 bits per heavy atom. The Morgan fingerprint density at radius 1 is 1.03 bits per heavy atom. The molecule has 3 aromatic rings. The topological polar surface area (TPSA) is 51.1 Å². The van der Waals surface area contributed by atoms with E-state index < -0.39 is 0 Å². The molecular weight excluding hydrogens is 391 g/mol. The maximum atomic E-state index is 13.9. The van der Waals surface area contributed by atoms with Crippen LogP contribution in [0.15, 0.2) is 59.4 Å². The number of carbonyl (C=O) groups excluding carboxylic acids is 1. The van der Waals surface area contributed by atoms with E-state index in [1.165, 1.54) is 12.1 Å². The lowest BCUT2D eigenvalue weighted by atomic mass is 9.77. The van der Waals surface area contributed by atoms with Crippen LogP contribution in [0.1, 0.15) is 58.0 Å². The fraction of sp³-hybridized carbons (Fsp3) is 0.308. The van der Waals surface area contributed by atoms with Crippen molar-refractivity contribution in [1.82, 2.24) is 9.88 Å². The lowest BCUT2D eigenvalue weighted by Gasteiger charge is -2.35. The highest BCUT2D eigenvalue weighted by Gasteiger charge is 2.31. The summed E-state index contributed by atoms with van der Waals surface area (Å²) in [6, 6.07) is 15.5. The molecule has 1 N–H and O–H groups in total. The summed E-state index contributed by atoms with van der Waals surface area (Å²) in [6.45, 7) is 5.37. The van der Waals surface area contributed by atoms with Crippen LogP contribution in [0.4, 0.5) is 4.39 Å². The quantitative estimate of drug-likeness (QED) is 0.621. The van der Waals surface area contributed by atoms with Gasteiger partial charge in [0.25, 0.3) is 11.5 Å². The maximum Gasteiger partial charge on any atom is 0.258 e. The summed E-state index contributed by atoms with van der Waals surface area (Å²) < 4.78 is 15.5. The van der Waals surface area contributed by atoms with Crippen molar-refractivity contribution in [2.75, 3.05) is 0 Å². The Kier molecular flexibility index (Phi) is 5.77. The summed E-state index contributed by atoms with van der Waals surface area (Å²) in [5.74, 6) is -0.256. The second kappa shape index (κ2) is 8.50. The van der Waals surface area contributed by atoms with Crippen LogP contribution in [0.2, 0.25) is 0 Å². The van der Waals surface area contributed by atoms with Crippen LogP contribution >= 0.6 is 0 Å². The van der Waals surface area contributed by atoms with Gasteiger partial charge < -0.3 is 5.32 Å². The number of para-hydroxylation sites is 1. The molecule has 0 radical (unpaired) electrons. The number of carbonyl (C=O) groups is 1. The molecule has 1 atom stereocenters. The van der Waals surface area contributed by atoms with Crippen LogP contribution in [-0.2, 0) is 0 Å². The molecule has 0 saturated heterocycles. The Morgan fingerprint density at radius 2 is 1.74 bits per heavy atom. The minimum Gasteiger partial charge on any atom is -0.345 e. The number of rotatable bonds is 5. The zero-order valence-corrected chi connectivity index (χ0v) is 18.1. The first-order valence-corrected chi connectivity index (χ1v) is 10.7. The third-order valence-corrected chi connectivity index (χ3v) is 6.52. The number of hydrogen-bond acceptors (Lipinski definition) is 2. The molecule has 1 amide bonds. The van der Waals surface area contributed by atoms with E-state index in [2.05, 4.69) is 5.32 Å². The molecule has 1 aromatic heterocycles. The Balaban J connectivity index is 1.77. The van der Waals surface area contributed by atoms with Crippen molar-refractivity contribution in [3.8, 4) is 5.69 Å². The highest BCUT2D eigenvalue weighted by atomic mass is 19.1. The number of pyridine rings is 1. The molecule has 2 aromatic carbocycles. The zero-order chi connectivity index (χ0) is 22.1. The van der Waals surface area contributed by atoms with Crippen LogP contribution in [-0.4, -0.2) is 10.5 Å². The first kappa shape index (κ1) is 21.0. The highest BCUT2D eigenvalue weighted by molar-refractivity contribution is 5.97. The monoisotopic (exact) mass is 418 g/mol. The SMILES string of the molecule is Cc1c(C(=O)N[C@H](c2cccc(F)c2)C2CCC2)c(C)n(-c2ccccc2)c(=O)c1C. The number of aromatic nitrogens is 1. The van der Waals surface area contributed by atoms with E-state index in [-0.39, 0.29) is 29.2 Å². The molecule has 0 aliphatic heterocycles. The summed E-state index contributed by atoms with van der Waals surface area (Å²) >= 11 is 0. The molecule has 1 aliphatic rings. The molecule has 1 fully saturated rings. The summed E-state index contributed by atoms with van der Waals surface area (Å²) in [5.41, 5.74) is 3.71. The average Bonchev–Trinajstić information content (AvgIpc) is 2.71. The van der Waals surface area contributed by atoms with Crippen LogP contribution in [0, 0.1) is 32.5 Å². The smallest absolute Gasteiger partial charge is 0.258 e. The van der Waals surface area contributed by atoms with Crippen LogP contribution < -0.4 is 10.9 Å². The van der Waals surface area contributed by atoms with Gasteiger partial charge in [0.05, 0.1) is 11.6 Å². The fourth-order valence-corrected chi connectivity index (χ4v) is 4.43. The van der Waals surface area contributed by atoms with Crippen molar-refractivity contribution < 1.29 is 9.18 Å². The van der Waals surface area contributed by atoms with Gasteiger partial charge in [-0.15, -0.1) is 0 Å². The van der Waals surface area contributed by atoms with E-state index in [1.54, 1.807) is 24.5 Å². The summed E-state index contributed by atoms with van der Waals surface area (Å²) in [4.78, 5) is 26.5. The lowest BCUT2D eigenvalue weighted by Crippen LogP contribution is -2.38. The zero-order valence-electron chi connectivity index (χ0n) is 18.1. The van der Waals surface area contributed by atoms with Crippen LogP contribution in [0.5, 0.6) is 0 Å². The summed E-state index contributed by atoms with van der Waals surface area (Å²) in [6.07, 6.45) is 3.12. The molecule has 0 unspecified atom stereocenters. The molecule has 5 heteroatoms. The van der Waals surface area contributed by atoms with Crippen LogP contribution in [0.25, 0.3) is 5.69 Å². The van der Waals surface area contributed by atoms with E-state index >= 15 is 0 Å². The molecule has 4 rings (SSSR count). The predicted octanol–water partition coefficient (Wildman–Crippen LogP) is 5.17. The normalized spacial score (nSPS) is 14.7. The largest absolute Gasteiger partial charge is 0.345 e. The van der Waals surface area contributed by atoms with Gasteiger partial charge in [-0.3, -0.25) is 14.2 Å². The Hall–Kier alpha value is -3.21. The number of amides is 1. The molecule has 160 valence electrons. The Labute approximate surface area is 181 Å². The van der Waals surface area contributed by atoms with Gasteiger partial charge in [0.15, 0.2) is 0 Å². The van der Waals surface area contributed by atoms with Crippen LogP contribution in [0.3, 0.4) is 0 Å². The van der Waals surface area contributed by atoms with Crippen molar-refractivity contribution in [3.05, 3.63) is 98.7 Å². The van der Waals surface area contributed by atoms with Crippen molar-refractivity contribution in [2.24, 2.45) is 5.92 Å². The third kappa shape index (κ3) is 3.92. The summed E-state index contributed by atoms with van der Waals surface area (Å²) in [7, 11) is 0. The van der Waals surface area contributed by atoms with Crippen molar-refractivity contribution in [1.29, 1.82) is 0 Å². The predicted molar refractivity (Wildman–Crippen MR) is 120 cm³/mol.